The van der Waals surface area contributed by atoms with Gasteiger partial charge in [0.2, 0.25) is 5.16 Å². The van der Waals surface area contributed by atoms with E-state index >= 15 is 0 Å². The van der Waals surface area contributed by atoms with Gasteiger partial charge in [0.1, 0.15) is 0 Å². The molecule has 116 valence electrons. The summed E-state index contributed by atoms with van der Waals surface area (Å²) in [6.45, 7) is 1.92. The third-order valence-electron chi connectivity index (χ3n) is 2.80. The number of nitrogens with zero attached hydrogens (tertiary/aromatic N) is 4. The monoisotopic (exact) mass is 345 g/mol. The van der Waals surface area contributed by atoms with Crippen LogP contribution in [0.4, 0.5) is 0 Å². The zero-order valence-electron chi connectivity index (χ0n) is 12.2. The summed E-state index contributed by atoms with van der Waals surface area (Å²) in [6, 6.07) is 8.69. The maximum absolute atomic E-state index is 3.94. The van der Waals surface area contributed by atoms with E-state index in [1.807, 2.05) is 7.05 Å². The summed E-state index contributed by atoms with van der Waals surface area (Å²) >= 11 is 3.46. The van der Waals surface area contributed by atoms with Gasteiger partial charge in [0.05, 0.1) is 0 Å². The molecule has 5 nitrogen and oxygen atoms in total. The van der Waals surface area contributed by atoms with E-state index in [-0.39, 0.29) is 12.4 Å². The van der Waals surface area contributed by atoms with E-state index in [1.165, 1.54) is 10.5 Å². The number of aromatic nitrogens is 4. The number of nitrogens with one attached hydrogen (secondary N) is 1. The van der Waals surface area contributed by atoms with Crippen molar-refractivity contribution in [2.75, 3.05) is 18.6 Å². The fraction of sp³-hybridized carbons (Fsp3) is 0.462. The van der Waals surface area contributed by atoms with Crippen LogP contribution in [0.2, 0.25) is 0 Å². The van der Waals surface area contributed by atoms with Crippen LogP contribution in [-0.2, 0) is 13.6 Å². The van der Waals surface area contributed by atoms with Crippen LogP contribution < -0.4 is 5.32 Å². The van der Waals surface area contributed by atoms with E-state index in [0.29, 0.717) is 0 Å². The molecule has 1 N–H and O–H groups in total. The molecule has 0 radical (unpaired) electrons. The van der Waals surface area contributed by atoms with Crippen LogP contribution in [0.1, 0.15) is 12.0 Å². The van der Waals surface area contributed by atoms with Crippen molar-refractivity contribution in [3.05, 3.63) is 29.8 Å². The zero-order valence-corrected chi connectivity index (χ0v) is 14.6. The highest BCUT2D eigenvalue weighted by molar-refractivity contribution is 7.99. The number of rotatable bonds is 8. The van der Waals surface area contributed by atoms with E-state index in [9.17, 15) is 0 Å². The maximum Gasteiger partial charge on any atom is 0.209 e. The average molecular weight is 346 g/mol. The van der Waals surface area contributed by atoms with Crippen LogP contribution in [0.5, 0.6) is 0 Å². The molecule has 0 aliphatic carbocycles. The zero-order chi connectivity index (χ0) is 14.2. The van der Waals surface area contributed by atoms with Gasteiger partial charge in [-0.1, -0.05) is 23.9 Å². The second-order valence-corrected chi connectivity index (χ2v) is 6.25. The number of thioether (sulfide) groups is 2. The fourth-order valence-electron chi connectivity index (χ4n) is 1.68. The molecule has 0 atom stereocenters. The lowest BCUT2D eigenvalue weighted by Gasteiger charge is -2.05. The Morgan fingerprint density at radius 2 is 2.00 bits per heavy atom. The first-order valence-corrected chi connectivity index (χ1v) is 8.69. The second-order valence-electron chi connectivity index (χ2n) is 4.31. The Bertz CT molecular complexity index is 518. The standard InChI is InChI=1S/C13H19N5S2.ClH/c1-18-13(15-16-17-18)20-9-3-8-14-10-11-4-6-12(19-2)7-5-11;/h4-7,14H,3,8-10H2,1-2H3;1H. The highest BCUT2D eigenvalue weighted by Crippen LogP contribution is 2.15. The molecule has 0 amide bonds. The molecule has 0 aliphatic rings. The normalized spacial score (nSPS) is 10.4. The highest BCUT2D eigenvalue weighted by atomic mass is 35.5. The lowest BCUT2D eigenvalue weighted by Crippen LogP contribution is -2.15. The summed E-state index contributed by atoms with van der Waals surface area (Å²) in [5.74, 6) is 1.02. The van der Waals surface area contributed by atoms with E-state index in [0.717, 1.165) is 30.4 Å². The van der Waals surface area contributed by atoms with Crippen molar-refractivity contribution in [1.82, 2.24) is 25.5 Å². The molecule has 0 unspecified atom stereocenters. The molecule has 0 aliphatic heterocycles. The number of benzene rings is 1. The van der Waals surface area contributed by atoms with Crippen molar-refractivity contribution >= 4 is 35.9 Å². The minimum atomic E-state index is 0. The van der Waals surface area contributed by atoms with E-state index in [1.54, 1.807) is 28.2 Å². The number of hydrogen-bond acceptors (Lipinski definition) is 6. The molecule has 8 heteroatoms. The number of hydrogen-bond donors (Lipinski definition) is 1. The van der Waals surface area contributed by atoms with Crippen LogP contribution in [0, 0.1) is 0 Å². The Morgan fingerprint density at radius 1 is 1.24 bits per heavy atom. The van der Waals surface area contributed by atoms with Gasteiger partial charge in [0, 0.05) is 24.2 Å². The largest absolute Gasteiger partial charge is 0.313 e. The Kier molecular flexibility index (Phi) is 8.75. The first-order valence-electron chi connectivity index (χ1n) is 6.48. The molecule has 1 heterocycles. The predicted octanol–water partition coefficient (Wildman–Crippen LogP) is 2.63. The van der Waals surface area contributed by atoms with Gasteiger partial charge >= 0.3 is 0 Å². The molecule has 0 spiro atoms. The van der Waals surface area contributed by atoms with Gasteiger partial charge in [0.25, 0.3) is 0 Å². The summed E-state index contributed by atoms with van der Waals surface area (Å²) in [7, 11) is 1.86. The summed E-state index contributed by atoms with van der Waals surface area (Å²) in [6.07, 6.45) is 3.19. The summed E-state index contributed by atoms with van der Waals surface area (Å²) in [5.41, 5.74) is 1.33. The van der Waals surface area contributed by atoms with Gasteiger partial charge in [0.15, 0.2) is 0 Å². The Morgan fingerprint density at radius 3 is 2.62 bits per heavy atom. The minimum absolute atomic E-state index is 0. The maximum atomic E-state index is 3.94. The third kappa shape index (κ3) is 6.25. The van der Waals surface area contributed by atoms with Crippen molar-refractivity contribution in [1.29, 1.82) is 0 Å². The smallest absolute Gasteiger partial charge is 0.209 e. The number of aryl methyl sites for hydroxylation is 1. The van der Waals surface area contributed by atoms with Crippen molar-refractivity contribution < 1.29 is 0 Å². The van der Waals surface area contributed by atoms with Crippen molar-refractivity contribution in [3.8, 4) is 0 Å². The molecular weight excluding hydrogens is 326 g/mol. The van der Waals surface area contributed by atoms with Crippen LogP contribution in [-0.4, -0.2) is 38.8 Å². The molecule has 0 saturated heterocycles. The first-order chi connectivity index (χ1) is 9.79. The van der Waals surface area contributed by atoms with Crippen LogP contribution in [0.15, 0.2) is 34.3 Å². The Labute approximate surface area is 140 Å². The fourth-order valence-corrected chi connectivity index (χ4v) is 2.88. The molecule has 1 aromatic carbocycles. The van der Waals surface area contributed by atoms with Crippen molar-refractivity contribution in [2.45, 2.75) is 23.0 Å². The summed E-state index contributed by atoms with van der Waals surface area (Å²) < 4.78 is 1.70. The van der Waals surface area contributed by atoms with Gasteiger partial charge in [-0.3, -0.25) is 0 Å². The lowest BCUT2D eigenvalue weighted by molar-refractivity contribution is 0.661. The minimum Gasteiger partial charge on any atom is -0.313 e. The lowest BCUT2D eigenvalue weighted by atomic mass is 10.2. The van der Waals surface area contributed by atoms with Crippen LogP contribution in [0.3, 0.4) is 0 Å². The average Bonchev–Trinajstić information content (AvgIpc) is 2.89. The van der Waals surface area contributed by atoms with E-state index in [4.69, 9.17) is 0 Å². The topological polar surface area (TPSA) is 55.6 Å². The molecule has 0 bridgehead atoms. The summed E-state index contributed by atoms with van der Waals surface area (Å²) in [5, 5.41) is 15.7. The third-order valence-corrected chi connectivity index (χ3v) is 4.64. The molecule has 0 saturated carbocycles. The summed E-state index contributed by atoms with van der Waals surface area (Å²) in [4.78, 5) is 1.31. The SMILES string of the molecule is CSc1ccc(CNCCCSc2nnnn2C)cc1.Cl. The molecule has 1 aromatic heterocycles. The van der Waals surface area contributed by atoms with Gasteiger partial charge in [-0.05, 0) is 47.3 Å². The van der Waals surface area contributed by atoms with E-state index < -0.39 is 0 Å². The van der Waals surface area contributed by atoms with Gasteiger partial charge in [-0.2, -0.15) is 0 Å². The molecule has 2 aromatic rings. The van der Waals surface area contributed by atoms with Crippen LogP contribution >= 0.6 is 35.9 Å². The molecule has 21 heavy (non-hydrogen) atoms. The highest BCUT2D eigenvalue weighted by Gasteiger charge is 2.01. The van der Waals surface area contributed by atoms with Crippen molar-refractivity contribution in [2.24, 2.45) is 7.05 Å². The second kappa shape index (κ2) is 10.0. The van der Waals surface area contributed by atoms with Gasteiger partial charge in [-0.15, -0.1) is 29.3 Å². The number of tetrazole rings is 1. The molecule has 2 rings (SSSR count). The molecular formula is C13H20ClN5S2. The predicted molar refractivity (Wildman–Crippen MR) is 91.3 cm³/mol. The molecule has 0 fully saturated rings. The quantitative estimate of drug-likeness (QED) is 0.586. The van der Waals surface area contributed by atoms with Gasteiger partial charge in [-0.25, -0.2) is 4.68 Å². The van der Waals surface area contributed by atoms with E-state index in [2.05, 4.69) is 51.4 Å². The number of halogens is 1. The van der Waals surface area contributed by atoms with Crippen molar-refractivity contribution in [3.63, 3.8) is 0 Å². The van der Waals surface area contributed by atoms with Gasteiger partial charge < -0.3 is 5.32 Å². The Hall–Kier alpha value is -0.760. The Balaban J connectivity index is 0.00000220. The first kappa shape index (κ1) is 18.3. The van der Waals surface area contributed by atoms with Crippen LogP contribution in [0.25, 0.3) is 0 Å².